The van der Waals surface area contributed by atoms with E-state index in [4.69, 9.17) is 4.74 Å². The number of halogens is 2. The highest BCUT2D eigenvalue weighted by Gasteiger charge is 2.16. The number of fused-ring (bicyclic) bond motifs is 1. The van der Waals surface area contributed by atoms with Crippen molar-refractivity contribution in [2.24, 2.45) is 0 Å². The maximum Gasteiger partial charge on any atom is 0.272 e. The summed E-state index contributed by atoms with van der Waals surface area (Å²) in [6.07, 6.45) is 0. The Balaban J connectivity index is 1.52. The third-order valence-electron chi connectivity index (χ3n) is 4.39. The SMILES string of the molecule is O=C(Nc1ccc(N2CCOCC2)c(F)c1)c1cc2ccc(Br)cc2[nH]1. The predicted octanol–water partition coefficient (Wildman–Crippen LogP) is 4.16. The van der Waals surface area contributed by atoms with E-state index in [2.05, 4.69) is 26.2 Å². The third-order valence-corrected chi connectivity index (χ3v) is 4.88. The van der Waals surface area contributed by atoms with Gasteiger partial charge in [0.05, 0.1) is 18.9 Å². The fourth-order valence-corrected chi connectivity index (χ4v) is 3.43. The summed E-state index contributed by atoms with van der Waals surface area (Å²) in [5, 5.41) is 3.68. The molecule has 1 aliphatic heterocycles. The molecule has 1 saturated heterocycles. The second kappa shape index (κ2) is 7.09. The van der Waals surface area contributed by atoms with Crippen LogP contribution in [-0.4, -0.2) is 37.2 Å². The van der Waals surface area contributed by atoms with Gasteiger partial charge in [-0.3, -0.25) is 4.79 Å². The lowest BCUT2D eigenvalue weighted by Gasteiger charge is -2.29. The Morgan fingerprint density at radius 2 is 1.96 bits per heavy atom. The van der Waals surface area contributed by atoms with Gasteiger partial charge in [-0.1, -0.05) is 22.0 Å². The summed E-state index contributed by atoms with van der Waals surface area (Å²) in [6, 6.07) is 12.3. The smallest absolute Gasteiger partial charge is 0.272 e. The highest BCUT2D eigenvalue weighted by atomic mass is 79.9. The number of morpholine rings is 1. The molecule has 7 heteroatoms. The van der Waals surface area contributed by atoms with Gasteiger partial charge in [0, 0.05) is 34.2 Å². The van der Waals surface area contributed by atoms with Crippen molar-refractivity contribution in [3.8, 4) is 0 Å². The first-order valence-corrected chi connectivity index (χ1v) is 9.11. The largest absolute Gasteiger partial charge is 0.378 e. The molecule has 5 nitrogen and oxygen atoms in total. The van der Waals surface area contributed by atoms with Crippen LogP contribution in [0.25, 0.3) is 10.9 Å². The second-order valence-corrected chi connectivity index (χ2v) is 7.05. The molecule has 2 heterocycles. The lowest BCUT2D eigenvalue weighted by molar-refractivity contribution is 0.102. The van der Waals surface area contributed by atoms with Gasteiger partial charge in [-0.25, -0.2) is 4.39 Å². The summed E-state index contributed by atoms with van der Waals surface area (Å²) in [6.45, 7) is 2.50. The molecule has 2 N–H and O–H groups in total. The number of nitrogens with zero attached hydrogens (tertiary/aromatic N) is 1. The fraction of sp³-hybridized carbons (Fsp3) is 0.211. The highest BCUT2D eigenvalue weighted by Crippen LogP contribution is 2.25. The summed E-state index contributed by atoms with van der Waals surface area (Å²) in [7, 11) is 0. The van der Waals surface area contributed by atoms with E-state index in [9.17, 15) is 9.18 Å². The number of anilines is 2. The maximum absolute atomic E-state index is 14.5. The molecule has 134 valence electrons. The quantitative estimate of drug-likeness (QED) is 0.672. The Morgan fingerprint density at radius 3 is 2.73 bits per heavy atom. The van der Waals surface area contributed by atoms with E-state index in [0.29, 0.717) is 43.4 Å². The van der Waals surface area contributed by atoms with E-state index in [0.717, 1.165) is 15.4 Å². The van der Waals surface area contributed by atoms with Crippen molar-refractivity contribution in [3.63, 3.8) is 0 Å². The minimum Gasteiger partial charge on any atom is -0.378 e. The maximum atomic E-state index is 14.5. The normalized spacial score (nSPS) is 14.6. The Labute approximate surface area is 158 Å². The van der Waals surface area contributed by atoms with Crippen molar-refractivity contribution in [2.75, 3.05) is 36.5 Å². The van der Waals surface area contributed by atoms with Gasteiger partial charge in [0.25, 0.3) is 5.91 Å². The summed E-state index contributed by atoms with van der Waals surface area (Å²) in [4.78, 5) is 17.5. The highest BCUT2D eigenvalue weighted by molar-refractivity contribution is 9.10. The Morgan fingerprint density at radius 1 is 1.15 bits per heavy atom. The first-order chi connectivity index (χ1) is 12.6. The number of ether oxygens (including phenoxy) is 1. The Bertz CT molecular complexity index is 967. The monoisotopic (exact) mass is 417 g/mol. The fourth-order valence-electron chi connectivity index (χ4n) is 3.07. The van der Waals surface area contributed by atoms with E-state index < -0.39 is 0 Å². The zero-order valence-corrected chi connectivity index (χ0v) is 15.5. The number of amides is 1. The van der Waals surface area contributed by atoms with E-state index >= 15 is 0 Å². The van der Waals surface area contributed by atoms with Crippen molar-refractivity contribution in [1.29, 1.82) is 0 Å². The molecule has 3 aromatic rings. The van der Waals surface area contributed by atoms with Crippen molar-refractivity contribution in [1.82, 2.24) is 4.98 Å². The minimum atomic E-state index is -0.356. The number of aromatic nitrogens is 1. The number of rotatable bonds is 3. The summed E-state index contributed by atoms with van der Waals surface area (Å²) >= 11 is 3.41. The van der Waals surface area contributed by atoms with Crippen LogP contribution in [0.1, 0.15) is 10.5 Å². The van der Waals surface area contributed by atoms with Gasteiger partial charge in [-0.15, -0.1) is 0 Å². The number of carbonyl (C=O) groups excluding carboxylic acids is 1. The predicted molar refractivity (Wildman–Crippen MR) is 103 cm³/mol. The standard InChI is InChI=1S/C19H17BrFN3O2/c20-13-2-1-12-9-17(23-16(12)10-13)19(25)22-14-3-4-18(15(21)11-14)24-5-7-26-8-6-24/h1-4,9-11,23H,5-8H2,(H,22,25). The third kappa shape index (κ3) is 3.45. The number of nitrogens with one attached hydrogen (secondary N) is 2. The second-order valence-electron chi connectivity index (χ2n) is 6.13. The summed E-state index contributed by atoms with van der Waals surface area (Å²) < 4.78 is 20.7. The summed E-state index contributed by atoms with van der Waals surface area (Å²) in [5.41, 5.74) is 2.24. The minimum absolute atomic E-state index is 0.309. The molecule has 26 heavy (non-hydrogen) atoms. The molecule has 4 rings (SSSR count). The van der Waals surface area contributed by atoms with Crippen LogP contribution in [0.4, 0.5) is 15.8 Å². The molecule has 0 unspecified atom stereocenters. The van der Waals surface area contributed by atoms with E-state index in [-0.39, 0.29) is 11.7 Å². The molecule has 2 aromatic carbocycles. The molecule has 1 fully saturated rings. The average Bonchev–Trinajstić information content (AvgIpc) is 3.06. The zero-order valence-electron chi connectivity index (χ0n) is 13.9. The molecule has 1 aliphatic rings. The van der Waals surface area contributed by atoms with Crippen molar-refractivity contribution in [3.05, 3.63) is 58.4 Å². The number of hydrogen-bond donors (Lipinski definition) is 2. The van der Waals surface area contributed by atoms with Gasteiger partial charge in [-0.2, -0.15) is 0 Å². The van der Waals surface area contributed by atoms with Crippen LogP contribution < -0.4 is 10.2 Å². The van der Waals surface area contributed by atoms with Crippen LogP contribution in [-0.2, 0) is 4.74 Å². The van der Waals surface area contributed by atoms with Gasteiger partial charge in [0.15, 0.2) is 0 Å². The lowest BCUT2D eigenvalue weighted by Crippen LogP contribution is -2.36. The van der Waals surface area contributed by atoms with Crippen LogP contribution in [0.3, 0.4) is 0 Å². The number of benzene rings is 2. The molecule has 1 aromatic heterocycles. The Hall–Kier alpha value is -2.38. The topological polar surface area (TPSA) is 57.4 Å². The van der Waals surface area contributed by atoms with Gasteiger partial charge in [0.1, 0.15) is 11.5 Å². The van der Waals surface area contributed by atoms with Gasteiger partial charge < -0.3 is 19.9 Å². The van der Waals surface area contributed by atoms with Gasteiger partial charge in [0.2, 0.25) is 0 Å². The number of hydrogen-bond acceptors (Lipinski definition) is 3. The first-order valence-electron chi connectivity index (χ1n) is 8.32. The van der Waals surface area contributed by atoms with Crippen molar-refractivity contribution in [2.45, 2.75) is 0 Å². The van der Waals surface area contributed by atoms with E-state index in [1.54, 1.807) is 18.2 Å². The van der Waals surface area contributed by atoms with E-state index in [1.165, 1.54) is 6.07 Å². The zero-order chi connectivity index (χ0) is 18.1. The lowest BCUT2D eigenvalue weighted by atomic mass is 10.2. The van der Waals surface area contributed by atoms with Gasteiger partial charge in [-0.05, 0) is 36.4 Å². The molecular formula is C19H17BrFN3O2. The van der Waals surface area contributed by atoms with E-state index in [1.807, 2.05) is 23.1 Å². The van der Waals surface area contributed by atoms with Gasteiger partial charge >= 0.3 is 0 Å². The molecule has 0 radical (unpaired) electrons. The van der Waals surface area contributed by atoms with Crippen LogP contribution in [0.15, 0.2) is 46.9 Å². The van der Waals surface area contributed by atoms with Crippen LogP contribution in [0.2, 0.25) is 0 Å². The molecule has 0 saturated carbocycles. The Kier molecular flexibility index (Phi) is 4.65. The van der Waals surface area contributed by atoms with Crippen LogP contribution in [0, 0.1) is 5.82 Å². The number of H-pyrrole nitrogens is 1. The number of carbonyl (C=O) groups is 1. The molecule has 0 atom stereocenters. The van der Waals surface area contributed by atoms with Crippen molar-refractivity contribution >= 4 is 44.1 Å². The summed E-state index contributed by atoms with van der Waals surface area (Å²) in [5.74, 6) is -0.666. The number of aromatic amines is 1. The van der Waals surface area contributed by atoms with Crippen LogP contribution in [0.5, 0.6) is 0 Å². The van der Waals surface area contributed by atoms with Crippen molar-refractivity contribution < 1.29 is 13.9 Å². The van der Waals surface area contributed by atoms with Crippen LogP contribution >= 0.6 is 15.9 Å². The molecule has 0 spiro atoms. The average molecular weight is 418 g/mol. The molecule has 1 amide bonds. The molecular weight excluding hydrogens is 401 g/mol. The molecule has 0 bridgehead atoms. The first kappa shape index (κ1) is 17.1. The molecule has 0 aliphatic carbocycles.